The van der Waals surface area contributed by atoms with E-state index in [4.69, 9.17) is 0 Å². The third-order valence-corrected chi connectivity index (χ3v) is 3.43. The number of rotatable bonds is 4. The fourth-order valence-corrected chi connectivity index (χ4v) is 2.00. The van der Waals surface area contributed by atoms with Crippen molar-refractivity contribution in [3.05, 3.63) is 23.9 Å². The molecule has 2 unspecified atom stereocenters. The average Bonchev–Trinajstić information content (AvgIpc) is 2.94. The molecule has 0 spiro atoms. The molecule has 1 aliphatic carbocycles. The van der Waals surface area contributed by atoms with Crippen molar-refractivity contribution in [1.29, 1.82) is 0 Å². The lowest BCUT2D eigenvalue weighted by atomic mass is 10.1. The zero-order chi connectivity index (χ0) is 11.7. The van der Waals surface area contributed by atoms with E-state index >= 15 is 0 Å². The second-order valence-corrected chi connectivity index (χ2v) is 4.98. The minimum absolute atomic E-state index is 0.421. The van der Waals surface area contributed by atoms with Crippen LogP contribution < -0.4 is 4.90 Å². The van der Waals surface area contributed by atoms with E-state index in [1.807, 2.05) is 12.1 Å². The van der Waals surface area contributed by atoms with E-state index in [1.165, 1.54) is 6.42 Å². The molecule has 1 aromatic rings. The van der Waals surface area contributed by atoms with Gasteiger partial charge < -0.3 is 10.0 Å². The number of nitrogens with zero attached hydrogens (tertiary/aromatic N) is 2. The Kier molecular flexibility index (Phi) is 3.15. The molecule has 0 radical (unpaired) electrons. The summed E-state index contributed by atoms with van der Waals surface area (Å²) in [6.45, 7) is 5.14. The molecular weight excluding hydrogens is 200 g/mol. The summed E-state index contributed by atoms with van der Waals surface area (Å²) in [6, 6.07) is 3.83. The maximum absolute atomic E-state index is 9.52. The van der Waals surface area contributed by atoms with Crippen LogP contribution in [0.2, 0.25) is 0 Å². The van der Waals surface area contributed by atoms with Crippen LogP contribution in [0.5, 0.6) is 0 Å². The van der Waals surface area contributed by atoms with Gasteiger partial charge in [-0.3, -0.25) is 0 Å². The van der Waals surface area contributed by atoms with E-state index in [9.17, 15) is 5.11 Å². The van der Waals surface area contributed by atoms with Crippen molar-refractivity contribution in [2.24, 2.45) is 11.8 Å². The molecule has 1 saturated carbocycles. The lowest BCUT2D eigenvalue weighted by Gasteiger charge is -2.19. The van der Waals surface area contributed by atoms with Crippen LogP contribution in [0.4, 0.5) is 5.82 Å². The van der Waals surface area contributed by atoms with Gasteiger partial charge in [-0.25, -0.2) is 4.98 Å². The van der Waals surface area contributed by atoms with Crippen LogP contribution in [-0.4, -0.2) is 23.7 Å². The predicted molar refractivity (Wildman–Crippen MR) is 65.4 cm³/mol. The van der Waals surface area contributed by atoms with Gasteiger partial charge in [0.25, 0.3) is 0 Å². The Balaban J connectivity index is 2.04. The zero-order valence-corrected chi connectivity index (χ0v) is 10.2. The summed E-state index contributed by atoms with van der Waals surface area (Å²) in [4.78, 5) is 6.52. The van der Waals surface area contributed by atoms with E-state index in [1.54, 1.807) is 13.1 Å². The molecule has 1 aromatic heterocycles. The van der Waals surface area contributed by atoms with Gasteiger partial charge in [0.05, 0.1) is 6.10 Å². The Hall–Kier alpha value is -1.09. The summed E-state index contributed by atoms with van der Waals surface area (Å²) in [5.41, 5.74) is 0.931. The smallest absolute Gasteiger partial charge is 0.128 e. The van der Waals surface area contributed by atoms with E-state index in [2.05, 4.69) is 23.9 Å². The van der Waals surface area contributed by atoms with E-state index in [0.717, 1.165) is 29.8 Å². The number of aromatic nitrogens is 1. The Bertz CT molecular complexity index is 365. The molecule has 3 nitrogen and oxygen atoms in total. The maximum atomic E-state index is 9.52. The molecule has 1 N–H and O–H groups in total. The first kappa shape index (κ1) is 11.4. The van der Waals surface area contributed by atoms with Gasteiger partial charge in [0.15, 0.2) is 0 Å². The number of aliphatic hydroxyl groups is 1. The van der Waals surface area contributed by atoms with E-state index in [-0.39, 0.29) is 0 Å². The minimum Gasteiger partial charge on any atom is -0.389 e. The van der Waals surface area contributed by atoms with Crippen molar-refractivity contribution in [2.75, 3.05) is 18.5 Å². The highest BCUT2D eigenvalue weighted by atomic mass is 16.3. The number of hydrogen-bond acceptors (Lipinski definition) is 3. The molecule has 0 amide bonds. The molecule has 88 valence electrons. The van der Waals surface area contributed by atoms with E-state index in [0.29, 0.717) is 0 Å². The quantitative estimate of drug-likeness (QED) is 0.845. The van der Waals surface area contributed by atoms with Crippen LogP contribution in [0.3, 0.4) is 0 Å². The van der Waals surface area contributed by atoms with Gasteiger partial charge in [-0.2, -0.15) is 0 Å². The van der Waals surface area contributed by atoms with Gasteiger partial charge in [0, 0.05) is 19.8 Å². The predicted octanol–water partition coefficient (Wildman–Crippen LogP) is 2.23. The fourth-order valence-electron chi connectivity index (χ4n) is 2.00. The molecule has 0 aliphatic heterocycles. The standard InChI is InChI=1S/C13H20N2O/c1-9-6-12(9)8-15(3)13-7-11(10(2)16)4-5-14-13/h4-5,7,9-10,12,16H,6,8H2,1-3H3/t9?,10-,12?/m0/s1. The number of hydrogen-bond donors (Lipinski definition) is 1. The molecule has 1 fully saturated rings. The molecule has 1 heterocycles. The SMILES string of the molecule is CC1CC1CN(C)c1cc([C@H](C)O)ccn1. The molecule has 2 rings (SSSR count). The van der Waals surface area contributed by atoms with Crippen LogP contribution in [0.15, 0.2) is 18.3 Å². The van der Waals surface area contributed by atoms with Gasteiger partial charge in [0.2, 0.25) is 0 Å². The maximum Gasteiger partial charge on any atom is 0.128 e. The molecule has 3 atom stereocenters. The molecule has 0 bridgehead atoms. The molecular formula is C13H20N2O. The van der Waals surface area contributed by atoms with Crippen LogP contribution in [0.25, 0.3) is 0 Å². The Morgan fingerprint density at radius 1 is 1.62 bits per heavy atom. The Morgan fingerprint density at radius 2 is 2.31 bits per heavy atom. The first-order chi connectivity index (χ1) is 7.58. The minimum atomic E-state index is -0.421. The van der Waals surface area contributed by atoms with Gasteiger partial charge in [-0.05, 0) is 42.9 Å². The lowest BCUT2D eigenvalue weighted by molar-refractivity contribution is 0.199. The summed E-state index contributed by atoms with van der Waals surface area (Å²) >= 11 is 0. The van der Waals surface area contributed by atoms with Gasteiger partial charge in [-0.15, -0.1) is 0 Å². The molecule has 1 aliphatic rings. The van der Waals surface area contributed by atoms with Crippen molar-refractivity contribution in [3.8, 4) is 0 Å². The monoisotopic (exact) mass is 220 g/mol. The van der Waals surface area contributed by atoms with Gasteiger partial charge in [0.1, 0.15) is 5.82 Å². The largest absolute Gasteiger partial charge is 0.389 e. The highest BCUT2D eigenvalue weighted by Gasteiger charge is 2.33. The second-order valence-electron chi connectivity index (χ2n) is 4.98. The van der Waals surface area contributed by atoms with Crippen LogP contribution in [0, 0.1) is 11.8 Å². The van der Waals surface area contributed by atoms with Crippen molar-refractivity contribution in [2.45, 2.75) is 26.4 Å². The number of aliphatic hydroxyl groups excluding tert-OH is 1. The molecule has 0 saturated heterocycles. The summed E-state index contributed by atoms with van der Waals surface area (Å²) in [6.07, 6.45) is 2.68. The van der Waals surface area contributed by atoms with Crippen molar-refractivity contribution < 1.29 is 5.11 Å². The van der Waals surface area contributed by atoms with Crippen molar-refractivity contribution >= 4 is 5.82 Å². The zero-order valence-electron chi connectivity index (χ0n) is 10.2. The van der Waals surface area contributed by atoms with Crippen molar-refractivity contribution in [1.82, 2.24) is 4.98 Å². The van der Waals surface area contributed by atoms with Gasteiger partial charge in [-0.1, -0.05) is 6.92 Å². The first-order valence-electron chi connectivity index (χ1n) is 5.93. The molecule has 0 aromatic carbocycles. The van der Waals surface area contributed by atoms with Gasteiger partial charge >= 0.3 is 0 Å². The Morgan fingerprint density at radius 3 is 2.88 bits per heavy atom. The van der Waals surface area contributed by atoms with Crippen LogP contribution >= 0.6 is 0 Å². The normalized spacial score (nSPS) is 25.2. The van der Waals surface area contributed by atoms with Crippen LogP contribution in [0.1, 0.15) is 31.9 Å². The molecule has 16 heavy (non-hydrogen) atoms. The fraction of sp³-hybridized carbons (Fsp3) is 0.615. The van der Waals surface area contributed by atoms with Crippen LogP contribution in [-0.2, 0) is 0 Å². The lowest BCUT2D eigenvalue weighted by Crippen LogP contribution is -2.21. The summed E-state index contributed by atoms with van der Waals surface area (Å²) in [7, 11) is 2.07. The average molecular weight is 220 g/mol. The second kappa shape index (κ2) is 4.42. The summed E-state index contributed by atoms with van der Waals surface area (Å²) in [5.74, 6) is 2.64. The topological polar surface area (TPSA) is 36.4 Å². The van der Waals surface area contributed by atoms with E-state index < -0.39 is 6.10 Å². The number of anilines is 1. The third-order valence-electron chi connectivity index (χ3n) is 3.43. The third kappa shape index (κ3) is 2.53. The summed E-state index contributed by atoms with van der Waals surface area (Å²) in [5, 5.41) is 9.52. The Labute approximate surface area is 97.1 Å². The van der Waals surface area contributed by atoms with Crippen molar-refractivity contribution in [3.63, 3.8) is 0 Å². The highest BCUT2D eigenvalue weighted by Crippen LogP contribution is 2.38. The number of pyridine rings is 1. The summed E-state index contributed by atoms with van der Waals surface area (Å²) < 4.78 is 0. The highest BCUT2D eigenvalue weighted by molar-refractivity contribution is 5.40. The first-order valence-corrected chi connectivity index (χ1v) is 5.93. The molecule has 3 heteroatoms.